The molecule has 5 rings (SSSR count). The second-order valence-corrected chi connectivity index (χ2v) is 7.12. The number of nitrogen functional groups attached to an aromatic ring is 1. The summed E-state index contributed by atoms with van der Waals surface area (Å²) >= 11 is 0. The topological polar surface area (TPSA) is 110 Å². The Balaban J connectivity index is 1.48. The monoisotopic (exact) mass is 379 g/mol. The number of carbonyl (C=O) groups excluding carboxylic acids is 1. The summed E-state index contributed by atoms with van der Waals surface area (Å²) in [6, 6.07) is 8.36. The van der Waals surface area contributed by atoms with Gasteiger partial charge < -0.3 is 21.1 Å². The average Bonchev–Trinajstić information content (AvgIpc) is 3.29. The molecular formula is C19H21N7O2. The highest BCUT2D eigenvalue weighted by molar-refractivity contribution is 5.91. The van der Waals surface area contributed by atoms with Gasteiger partial charge >= 0.3 is 6.09 Å². The number of fused-ring (bicyclic) bond motifs is 2. The molecule has 1 fully saturated rings. The zero-order valence-electron chi connectivity index (χ0n) is 15.5. The van der Waals surface area contributed by atoms with Crippen molar-refractivity contribution in [3.05, 3.63) is 36.0 Å². The van der Waals surface area contributed by atoms with Gasteiger partial charge in [-0.15, -0.1) is 5.10 Å². The van der Waals surface area contributed by atoms with E-state index in [9.17, 15) is 4.79 Å². The van der Waals surface area contributed by atoms with Crippen molar-refractivity contribution in [2.24, 2.45) is 0 Å². The van der Waals surface area contributed by atoms with Gasteiger partial charge in [0.15, 0.2) is 11.5 Å². The number of nitrogens with two attached hydrogens (primary N) is 1. The van der Waals surface area contributed by atoms with Gasteiger partial charge in [-0.05, 0) is 37.0 Å². The molecule has 1 aliphatic heterocycles. The maximum absolute atomic E-state index is 12.0. The standard InChI is InChI=1S/C19H21N7O2/c1-28-19(27)25-7-6-11-2-3-13(8-15(11)25)23-17-9-14(22-12-4-5-12)18-21-10-16(20)26(18)24-17/h2-3,8-10,12,22H,4-7,20H2,1H3,(H,23,24). The molecule has 3 heterocycles. The molecule has 1 saturated carbocycles. The lowest BCUT2D eigenvalue weighted by molar-refractivity contribution is 0.179. The smallest absolute Gasteiger partial charge is 0.414 e. The molecule has 0 bridgehead atoms. The van der Waals surface area contributed by atoms with Crippen LogP contribution in [0.15, 0.2) is 30.5 Å². The van der Waals surface area contributed by atoms with Gasteiger partial charge in [0, 0.05) is 24.3 Å². The highest BCUT2D eigenvalue weighted by atomic mass is 16.5. The molecule has 144 valence electrons. The molecule has 2 aromatic heterocycles. The van der Waals surface area contributed by atoms with E-state index in [1.165, 1.54) is 7.11 Å². The number of aromatic nitrogens is 3. The van der Waals surface area contributed by atoms with Crippen molar-refractivity contribution in [2.75, 3.05) is 34.9 Å². The number of hydrogen-bond acceptors (Lipinski definition) is 7. The SMILES string of the molecule is COC(=O)N1CCc2ccc(Nc3cc(NC4CC4)c4ncc(N)n4n3)cc21. The van der Waals surface area contributed by atoms with Crippen LogP contribution in [0.4, 0.5) is 33.5 Å². The quantitative estimate of drug-likeness (QED) is 0.639. The van der Waals surface area contributed by atoms with Crippen LogP contribution in [0.2, 0.25) is 0 Å². The Morgan fingerprint density at radius 2 is 2.18 bits per heavy atom. The molecule has 9 nitrogen and oxygen atoms in total. The van der Waals surface area contributed by atoms with E-state index >= 15 is 0 Å². The molecular weight excluding hydrogens is 358 g/mol. The van der Waals surface area contributed by atoms with E-state index in [4.69, 9.17) is 10.5 Å². The summed E-state index contributed by atoms with van der Waals surface area (Å²) in [5.74, 6) is 1.12. The molecule has 0 saturated heterocycles. The van der Waals surface area contributed by atoms with Crippen molar-refractivity contribution in [3.63, 3.8) is 0 Å². The molecule has 0 atom stereocenters. The molecule has 1 aromatic carbocycles. The maximum atomic E-state index is 12.0. The summed E-state index contributed by atoms with van der Waals surface area (Å²) in [6.07, 6.45) is 4.38. The van der Waals surface area contributed by atoms with Crippen LogP contribution in [-0.4, -0.2) is 40.4 Å². The Morgan fingerprint density at radius 1 is 1.32 bits per heavy atom. The molecule has 2 aliphatic rings. The number of amides is 1. The van der Waals surface area contributed by atoms with Crippen molar-refractivity contribution >= 4 is 40.4 Å². The number of imidazole rings is 1. The first-order valence-corrected chi connectivity index (χ1v) is 9.28. The van der Waals surface area contributed by atoms with E-state index in [0.29, 0.717) is 29.9 Å². The van der Waals surface area contributed by atoms with Crippen LogP contribution in [0.5, 0.6) is 0 Å². The minimum absolute atomic E-state index is 0.349. The Labute approximate surface area is 161 Å². The van der Waals surface area contributed by atoms with Gasteiger partial charge in [0.1, 0.15) is 5.82 Å². The van der Waals surface area contributed by atoms with E-state index < -0.39 is 0 Å². The molecule has 0 unspecified atom stereocenters. The predicted octanol–water partition coefficient (Wildman–Crippen LogP) is 2.76. The van der Waals surface area contributed by atoms with Crippen LogP contribution in [0.3, 0.4) is 0 Å². The van der Waals surface area contributed by atoms with Crippen molar-refractivity contribution in [1.29, 1.82) is 0 Å². The van der Waals surface area contributed by atoms with Crippen LogP contribution in [0.25, 0.3) is 5.65 Å². The number of anilines is 5. The Kier molecular flexibility index (Phi) is 3.75. The number of hydrogen-bond donors (Lipinski definition) is 3. The Hall–Kier alpha value is -3.49. The van der Waals surface area contributed by atoms with Crippen LogP contribution in [-0.2, 0) is 11.2 Å². The lowest BCUT2D eigenvalue weighted by Gasteiger charge is -2.17. The van der Waals surface area contributed by atoms with Crippen LogP contribution in [0.1, 0.15) is 18.4 Å². The van der Waals surface area contributed by atoms with Crippen molar-refractivity contribution < 1.29 is 9.53 Å². The van der Waals surface area contributed by atoms with E-state index in [1.54, 1.807) is 15.6 Å². The number of methoxy groups -OCH3 is 1. The van der Waals surface area contributed by atoms with Gasteiger partial charge in [0.05, 0.1) is 24.7 Å². The van der Waals surface area contributed by atoms with E-state index in [-0.39, 0.29) is 6.09 Å². The minimum Gasteiger partial charge on any atom is -0.452 e. The molecule has 1 amide bonds. The Bertz CT molecular complexity index is 1070. The number of nitrogens with zero attached hydrogens (tertiary/aromatic N) is 4. The molecule has 0 spiro atoms. The molecule has 9 heteroatoms. The highest BCUT2D eigenvalue weighted by Crippen LogP contribution is 2.33. The zero-order valence-corrected chi connectivity index (χ0v) is 15.5. The first kappa shape index (κ1) is 16.7. The first-order valence-electron chi connectivity index (χ1n) is 9.28. The number of carbonyl (C=O) groups is 1. The molecule has 1 aliphatic carbocycles. The third-order valence-electron chi connectivity index (χ3n) is 5.08. The summed E-state index contributed by atoms with van der Waals surface area (Å²) in [5.41, 5.74) is 10.4. The lowest BCUT2D eigenvalue weighted by Crippen LogP contribution is -2.28. The van der Waals surface area contributed by atoms with Gasteiger partial charge in [-0.1, -0.05) is 6.07 Å². The number of nitrogens with one attached hydrogen (secondary N) is 2. The Morgan fingerprint density at radius 3 is 2.96 bits per heavy atom. The summed E-state index contributed by atoms with van der Waals surface area (Å²) in [4.78, 5) is 18.0. The van der Waals surface area contributed by atoms with Gasteiger partial charge in [-0.3, -0.25) is 4.90 Å². The third-order valence-corrected chi connectivity index (χ3v) is 5.08. The normalized spacial score (nSPS) is 15.5. The van der Waals surface area contributed by atoms with Crippen LogP contribution < -0.4 is 21.3 Å². The molecule has 3 aromatic rings. The second kappa shape index (κ2) is 6.29. The molecule has 0 radical (unpaired) electrons. The first-order chi connectivity index (χ1) is 13.6. The van der Waals surface area contributed by atoms with Crippen molar-refractivity contribution in [3.8, 4) is 0 Å². The van der Waals surface area contributed by atoms with Gasteiger partial charge in [0.25, 0.3) is 0 Å². The number of rotatable bonds is 4. The van der Waals surface area contributed by atoms with Gasteiger partial charge in [-0.25, -0.2) is 9.78 Å². The lowest BCUT2D eigenvalue weighted by atomic mass is 10.1. The summed E-state index contributed by atoms with van der Waals surface area (Å²) in [7, 11) is 1.39. The maximum Gasteiger partial charge on any atom is 0.414 e. The number of ether oxygens (including phenoxy) is 1. The average molecular weight is 379 g/mol. The second-order valence-electron chi connectivity index (χ2n) is 7.12. The summed E-state index contributed by atoms with van der Waals surface area (Å²) in [5, 5.41) is 11.4. The van der Waals surface area contributed by atoms with Crippen molar-refractivity contribution in [1.82, 2.24) is 14.6 Å². The van der Waals surface area contributed by atoms with Crippen LogP contribution in [0, 0.1) is 0 Å². The van der Waals surface area contributed by atoms with Gasteiger partial charge in [-0.2, -0.15) is 4.52 Å². The minimum atomic E-state index is -0.349. The molecule has 28 heavy (non-hydrogen) atoms. The van der Waals surface area contributed by atoms with E-state index in [2.05, 4.69) is 20.7 Å². The molecule has 4 N–H and O–H groups in total. The zero-order chi connectivity index (χ0) is 19.3. The summed E-state index contributed by atoms with van der Waals surface area (Å²) < 4.78 is 6.51. The third kappa shape index (κ3) is 2.84. The van der Waals surface area contributed by atoms with E-state index in [0.717, 1.165) is 41.9 Å². The van der Waals surface area contributed by atoms with Crippen molar-refractivity contribution in [2.45, 2.75) is 25.3 Å². The van der Waals surface area contributed by atoms with E-state index in [1.807, 2.05) is 24.3 Å². The summed E-state index contributed by atoms with van der Waals surface area (Å²) in [6.45, 7) is 0.622. The fourth-order valence-corrected chi connectivity index (χ4v) is 3.51. The van der Waals surface area contributed by atoms with Gasteiger partial charge in [0.2, 0.25) is 0 Å². The fraction of sp³-hybridized carbons (Fsp3) is 0.316. The fourth-order valence-electron chi connectivity index (χ4n) is 3.51. The largest absolute Gasteiger partial charge is 0.452 e. The number of benzene rings is 1. The predicted molar refractivity (Wildman–Crippen MR) is 107 cm³/mol. The van der Waals surface area contributed by atoms with Crippen LogP contribution >= 0.6 is 0 Å². The highest BCUT2D eigenvalue weighted by Gasteiger charge is 2.26.